The van der Waals surface area contributed by atoms with Crippen LogP contribution in [0.2, 0.25) is 0 Å². The van der Waals surface area contributed by atoms with Gasteiger partial charge in [-0.3, -0.25) is 0 Å². The number of rotatable bonds is 7. The molecule has 1 aliphatic rings. The summed E-state index contributed by atoms with van der Waals surface area (Å²) in [5.74, 6) is 0. The third kappa shape index (κ3) is 2.79. The lowest BCUT2D eigenvalue weighted by molar-refractivity contribution is 0.583. The lowest BCUT2D eigenvalue weighted by Gasteiger charge is -2.25. The molecule has 0 saturated heterocycles. The van der Waals surface area contributed by atoms with Crippen molar-refractivity contribution < 1.29 is 0 Å². The Morgan fingerprint density at radius 1 is 0.905 bits per heavy atom. The Bertz CT molecular complexity index is 597. The summed E-state index contributed by atoms with van der Waals surface area (Å²) in [4.78, 5) is 2.61. The molecule has 3 rings (SSSR count). The van der Waals surface area contributed by atoms with Crippen molar-refractivity contribution in [3.05, 3.63) is 42.0 Å². The van der Waals surface area contributed by atoms with Crippen LogP contribution >= 0.6 is 0 Å². The van der Waals surface area contributed by atoms with E-state index in [1.54, 1.807) is 0 Å². The summed E-state index contributed by atoms with van der Waals surface area (Å²) in [6.45, 7) is 5.83. The first kappa shape index (κ1) is 14.4. The Hall–Kier alpha value is -1.50. The normalized spacial score (nSPS) is 16.9. The zero-order valence-electron chi connectivity index (χ0n) is 13.4. The third-order valence-corrected chi connectivity index (χ3v) is 4.89. The van der Waals surface area contributed by atoms with Gasteiger partial charge in [0.25, 0.3) is 0 Å². The molecule has 0 amide bonds. The van der Waals surface area contributed by atoms with Crippen LogP contribution in [0.1, 0.15) is 64.0 Å². The summed E-state index contributed by atoms with van der Waals surface area (Å²) in [5.41, 5.74) is 2.96. The molecule has 1 aliphatic heterocycles. The van der Waals surface area contributed by atoms with Gasteiger partial charge in [0, 0.05) is 17.6 Å². The average Bonchev–Trinajstić information content (AvgIpc) is 2.79. The van der Waals surface area contributed by atoms with E-state index in [0.29, 0.717) is 6.04 Å². The monoisotopic (exact) mass is 281 g/mol. The van der Waals surface area contributed by atoms with Gasteiger partial charge in [0.1, 0.15) is 0 Å². The molecule has 21 heavy (non-hydrogen) atoms. The van der Waals surface area contributed by atoms with E-state index in [-0.39, 0.29) is 0 Å². The highest BCUT2D eigenvalue weighted by molar-refractivity contribution is 6.00. The smallest absolute Gasteiger partial charge is 0.0521 e. The van der Waals surface area contributed by atoms with Gasteiger partial charge in [-0.2, -0.15) is 0 Å². The van der Waals surface area contributed by atoms with Crippen molar-refractivity contribution >= 4 is 16.5 Å². The predicted octanol–water partition coefficient (Wildman–Crippen LogP) is 6.08. The number of nitrogens with zero attached hydrogens (tertiary/aromatic N) is 1. The molecule has 1 unspecified atom stereocenters. The zero-order chi connectivity index (χ0) is 14.7. The van der Waals surface area contributed by atoms with E-state index in [4.69, 9.17) is 0 Å². The molecule has 2 aromatic carbocycles. The number of anilines is 1. The Morgan fingerprint density at radius 2 is 1.62 bits per heavy atom. The minimum absolute atomic E-state index is 0.529. The second-order valence-corrected chi connectivity index (χ2v) is 6.36. The molecule has 0 aromatic heterocycles. The van der Waals surface area contributed by atoms with Gasteiger partial charge in [-0.25, -0.2) is 0 Å². The Morgan fingerprint density at radius 3 is 2.43 bits per heavy atom. The SMILES string of the molecule is CCCCCCCCN1c2cccc3cccc(c23)C1C. The number of unbranched alkanes of at least 4 members (excludes halogenated alkanes) is 5. The molecular formula is C20H27N. The predicted molar refractivity (Wildman–Crippen MR) is 93.1 cm³/mol. The van der Waals surface area contributed by atoms with Gasteiger partial charge in [-0.1, -0.05) is 69.4 Å². The quantitative estimate of drug-likeness (QED) is 0.556. The fourth-order valence-electron chi connectivity index (χ4n) is 3.69. The van der Waals surface area contributed by atoms with Crippen LogP contribution in [-0.4, -0.2) is 6.54 Å². The average molecular weight is 281 g/mol. The molecule has 1 nitrogen and oxygen atoms in total. The molecular weight excluding hydrogens is 254 g/mol. The standard InChI is InChI=1S/C20H27N/c1-3-4-5-6-7-8-15-21-16(2)18-13-9-11-17-12-10-14-19(21)20(17)18/h9-14,16H,3-8,15H2,1-2H3. The molecule has 1 atom stereocenters. The highest BCUT2D eigenvalue weighted by Crippen LogP contribution is 2.43. The highest BCUT2D eigenvalue weighted by Gasteiger charge is 2.27. The van der Waals surface area contributed by atoms with Crippen LogP contribution in [0.25, 0.3) is 10.8 Å². The number of hydrogen-bond donors (Lipinski definition) is 0. The molecule has 0 saturated carbocycles. The number of benzene rings is 2. The van der Waals surface area contributed by atoms with Crippen LogP contribution in [0.5, 0.6) is 0 Å². The summed E-state index contributed by atoms with van der Waals surface area (Å²) in [6, 6.07) is 14.0. The molecule has 0 aliphatic carbocycles. The van der Waals surface area contributed by atoms with E-state index in [1.165, 1.54) is 67.1 Å². The minimum atomic E-state index is 0.529. The lowest BCUT2D eigenvalue weighted by atomic mass is 10.0. The van der Waals surface area contributed by atoms with Crippen molar-refractivity contribution in [3.8, 4) is 0 Å². The largest absolute Gasteiger partial charge is 0.364 e. The van der Waals surface area contributed by atoms with E-state index in [9.17, 15) is 0 Å². The van der Waals surface area contributed by atoms with Crippen LogP contribution in [0.4, 0.5) is 5.69 Å². The van der Waals surface area contributed by atoms with Crippen LogP contribution in [0.3, 0.4) is 0 Å². The second-order valence-electron chi connectivity index (χ2n) is 6.36. The summed E-state index contributed by atoms with van der Waals surface area (Å²) >= 11 is 0. The summed E-state index contributed by atoms with van der Waals surface area (Å²) in [6.07, 6.45) is 8.22. The molecule has 0 bridgehead atoms. The summed E-state index contributed by atoms with van der Waals surface area (Å²) < 4.78 is 0. The maximum atomic E-state index is 2.61. The maximum Gasteiger partial charge on any atom is 0.0521 e. The van der Waals surface area contributed by atoms with Gasteiger partial charge < -0.3 is 4.90 Å². The minimum Gasteiger partial charge on any atom is -0.364 e. The summed E-state index contributed by atoms with van der Waals surface area (Å²) in [7, 11) is 0. The van der Waals surface area contributed by atoms with Crippen LogP contribution in [0, 0.1) is 0 Å². The third-order valence-electron chi connectivity index (χ3n) is 4.89. The van der Waals surface area contributed by atoms with Crippen LogP contribution in [-0.2, 0) is 0 Å². The lowest BCUT2D eigenvalue weighted by Crippen LogP contribution is -2.23. The van der Waals surface area contributed by atoms with Crippen molar-refractivity contribution in [2.75, 3.05) is 11.4 Å². The first-order valence-corrected chi connectivity index (χ1v) is 8.61. The Kier molecular flexibility index (Phi) is 4.48. The molecule has 0 N–H and O–H groups in total. The van der Waals surface area contributed by atoms with E-state index < -0.39 is 0 Å². The molecule has 112 valence electrons. The fraction of sp³-hybridized carbons (Fsp3) is 0.500. The Labute approximate surface area is 129 Å². The molecule has 0 fully saturated rings. The van der Waals surface area contributed by atoms with Gasteiger partial charge in [-0.05, 0) is 30.4 Å². The maximum absolute atomic E-state index is 2.61. The van der Waals surface area contributed by atoms with Crippen molar-refractivity contribution in [2.45, 2.75) is 58.4 Å². The van der Waals surface area contributed by atoms with E-state index in [1.807, 2.05) is 0 Å². The fourth-order valence-corrected chi connectivity index (χ4v) is 3.69. The highest BCUT2D eigenvalue weighted by atomic mass is 15.2. The first-order valence-electron chi connectivity index (χ1n) is 8.61. The van der Waals surface area contributed by atoms with Crippen LogP contribution in [0.15, 0.2) is 36.4 Å². The molecule has 0 radical (unpaired) electrons. The second kappa shape index (κ2) is 6.51. The first-order chi connectivity index (χ1) is 10.3. The zero-order valence-corrected chi connectivity index (χ0v) is 13.4. The van der Waals surface area contributed by atoms with Gasteiger partial charge >= 0.3 is 0 Å². The topological polar surface area (TPSA) is 3.24 Å². The van der Waals surface area contributed by atoms with Gasteiger partial charge in [0.15, 0.2) is 0 Å². The molecule has 1 heteroatoms. The van der Waals surface area contributed by atoms with E-state index in [0.717, 1.165) is 0 Å². The van der Waals surface area contributed by atoms with Crippen molar-refractivity contribution in [3.63, 3.8) is 0 Å². The van der Waals surface area contributed by atoms with Gasteiger partial charge in [-0.15, -0.1) is 0 Å². The van der Waals surface area contributed by atoms with E-state index >= 15 is 0 Å². The summed E-state index contributed by atoms with van der Waals surface area (Å²) in [5, 5.41) is 2.88. The number of hydrogen-bond acceptors (Lipinski definition) is 1. The molecule has 0 spiro atoms. The van der Waals surface area contributed by atoms with Gasteiger partial charge in [0.05, 0.1) is 6.04 Å². The van der Waals surface area contributed by atoms with Gasteiger partial charge in [0.2, 0.25) is 0 Å². The van der Waals surface area contributed by atoms with Crippen molar-refractivity contribution in [1.82, 2.24) is 0 Å². The van der Waals surface area contributed by atoms with E-state index in [2.05, 4.69) is 55.1 Å². The molecule has 2 aromatic rings. The van der Waals surface area contributed by atoms with Crippen LogP contribution < -0.4 is 4.90 Å². The Balaban J connectivity index is 1.67. The molecule has 1 heterocycles. The van der Waals surface area contributed by atoms with Crippen molar-refractivity contribution in [2.24, 2.45) is 0 Å². The van der Waals surface area contributed by atoms with Crippen molar-refractivity contribution in [1.29, 1.82) is 0 Å².